The summed E-state index contributed by atoms with van der Waals surface area (Å²) in [4.78, 5) is 6.67. The molecule has 1 aliphatic rings. The fourth-order valence-electron chi connectivity index (χ4n) is 3.00. The molecule has 134 valence electrons. The third-order valence-electron chi connectivity index (χ3n) is 4.23. The van der Waals surface area contributed by atoms with Gasteiger partial charge in [-0.25, -0.2) is 13.4 Å². The molecular weight excluding hydrogens is 381 g/mol. The Morgan fingerprint density at radius 2 is 1.84 bits per heavy atom. The van der Waals surface area contributed by atoms with Crippen LogP contribution in [-0.2, 0) is 10.0 Å². The van der Waals surface area contributed by atoms with Crippen LogP contribution in [0.1, 0.15) is 12.0 Å². The van der Waals surface area contributed by atoms with E-state index in [2.05, 4.69) is 9.88 Å². The summed E-state index contributed by atoms with van der Waals surface area (Å²) in [6.45, 7) is 4.11. The largest absolute Gasteiger partial charge is 0.355 e. The summed E-state index contributed by atoms with van der Waals surface area (Å²) in [5, 5.41) is 0.845. The van der Waals surface area contributed by atoms with Gasteiger partial charge in [0.15, 0.2) is 0 Å². The van der Waals surface area contributed by atoms with Crippen molar-refractivity contribution >= 4 is 39.0 Å². The average Bonchev–Trinajstić information content (AvgIpc) is 2.81. The first-order valence-corrected chi connectivity index (χ1v) is 10.2. The molecule has 3 rings (SSSR count). The summed E-state index contributed by atoms with van der Waals surface area (Å²) in [7, 11) is -3.61. The number of anilines is 1. The van der Waals surface area contributed by atoms with Crippen molar-refractivity contribution in [2.75, 3.05) is 31.1 Å². The molecule has 1 aromatic heterocycles. The zero-order chi connectivity index (χ0) is 18.0. The lowest BCUT2D eigenvalue weighted by molar-refractivity contribution is 0.433. The highest BCUT2D eigenvalue weighted by molar-refractivity contribution is 7.89. The van der Waals surface area contributed by atoms with E-state index in [0.29, 0.717) is 31.1 Å². The molecule has 0 spiro atoms. The quantitative estimate of drug-likeness (QED) is 0.790. The van der Waals surface area contributed by atoms with Crippen molar-refractivity contribution < 1.29 is 8.42 Å². The van der Waals surface area contributed by atoms with E-state index < -0.39 is 10.0 Å². The van der Waals surface area contributed by atoms with Gasteiger partial charge in [-0.3, -0.25) is 0 Å². The Morgan fingerprint density at radius 3 is 2.56 bits per heavy atom. The van der Waals surface area contributed by atoms with E-state index in [-0.39, 0.29) is 9.92 Å². The fourth-order valence-corrected chi connectivity index (χ4v) is 5.18. The number of halogens is 2. The maximum Gasteiger partial charge on any atom is 0.244 e. The molecule has 0 atom stereocenters. The van der Waals surface area contributed by atoms with Gasteiger partial charge in [0, 0.05) is 32.4 Å². The lowest BCUT2D eigenvalue weighted by Crippen LogP contribution is -2.35. The van der Waals surface area contributed by atoms with Crippen LogP contribution in [0.3, 0.4) is 0 Å². The first-order valence-electron chi connectivity index (χ1n) is 8.01. The van der Waals surface area contributed by atoms with Gasteiger partial charge >= 0.3 is 0 Å². The van der Waals surface area contributed by atoms with Crippen LogP contribution >= 0.6 is 23.2 Å². The van der Waals surface area contributed by atoms with Crippen molar-refractivity contribution in [3.05, 3.63) is 52.1 Å². The minimum Gasteiger partial charge on any atom is -0.355 e. The number of hydrogen-bond acceptors (Lipinski definition) is 4. The maximum absolute atomic E-state index is 12.9. The molecule has 1 fully saturated rings. The first-order chi connectivity index (χ1) is 11.9. The Morgan fingerprint density at radius 1 is 1.08 bits per heavy atom. The molecule has 0 unspecified atom stereocenters. The van der Waals surface area contributed by atoms with Crippen LogP contribution in [0.4, 0.5) is 5.82 Å². The maximum atomic E-state index is 12.9. The molecule has 0 radical (unpaired) electrons. The Labute approximate surface area is 158 Å². The van der Waals surface area contributed by atoms with Gasteiger partial charge in [0.2, 0.25) is 10.0 Å². The fraction of sp³-hybridized carbons (Fsp3) is 0.353. The number of hydrogen-bond donors (Lipinski definition) is 0. The van der Waals surface area contributed by atoms with Crippen molar-refractivity contribution in [2.45, 2.75) is 18.2 Å². The molecule has 0 saturated carbocycles. The van der Waals surface area contributed by atoms with Crippen molar-refractivity contribution in [2.24, 2.45) is 0 Å². The Kier molecular flexibility index (Phi) is 5.53. The number of rotatable bonds is 3. The van der Waals surface area contributed by atoms with E-state index in [9.17, 15) is 8.42 Å². The van der Waals surface area contributed by atoms with Crippen LogP contribution in [0, 0.1) is 6.92 Å². The molecule has 8 heteroatoms. The summed E-state index contributed by atoms with van der Waals surface area (Å²) in [5.74, 6) is 0.849. The second-order valence-corrected chi connectivity index (χ2v) is 8.72. The molecule has 1 saturated heterocycles. The van der Waals surface area contributed by atoms with Crippen molar-refractivity contribution in [3.8, 4) is 0 Å². The molecule has 2 heterocycles. The number of nitrogens with zero attached hydrogens (tertiary/aromatic N) is 3. The van der Waals surface area contributed by atoms with Crippen LogP contribution in [0.25, 0.3) is 0 Å². The van der Waals surface area contributed by atoms with E-state index in [1.807, 2.05) is 13.0 Å². The highest BCUT2D eigenvalue weighted by Gasteiger charge is 2.29. The van der Waals surface area contributed by atoms with Gasteiger partial charge in [-0.15, -0.1) is 0 Å². The molecule has 25 heavy (non-hydrogen) atoms. The lowest BCUT2D eigenvalue weighted by atomic mass is 10.2. The van der Waals surface area contributed by atoms with Crippen molar-refractivity contribution in [1.29, 1.82) is 0 Å². The van der Waals surface area contributed by atoms with Crippen LogP contribution in [0.5, 0.6) is 0 Å². The normalized spacial score (nSPS) is 16.7. The van der Waals surface area contributed by atoms with Crippen LogP contribution in [-0.4, -0.2) is 43.9 Å². The Bertz CT molecular complexity index is 874. The lowest BCUT2D eigenvalue weighted by Gasteiger charge is -2.24. The molecule has 0 bridgehead atoms. The molecule has 2 aromatic rings. The van der Waals surface area contributed by atoms with Gasteiger partial charge in [0.1, 0.15) is 10.7 Å². The summed E-state index contributed by atoms with van der Waals surface area (Å²) < 4.78 is 27.3. The SMILES string of the molecule is Cc1cc(Cl)cnc1N1CCCN(S(=O)(=O)c2ccccc2Cl)CC1. The van der Waals surface area contributed by atoms with Gasteiger partial charge in [-0.05, 0) is 37.1 Å². The van der Waals surface area contributed by atoms with Gasteiger partial charge in [-0.2, -0.15) is 4.31 Å². The summed E-state index contributed by atoms with van der Waals surface area (Å²) in [5.41, 5.74) is 0.981. The molecule has 1 aliphatic heterocycles. The first kappa shape index (κ1) is 18.5. The van der Waals surface area contributed by atoms with Gasteiger partial charge in [0.05, 0.1) is 10.0 Å². The average molecular weight is 400 g/mol. The number of aromatic nitrogens is 1. The standard InChI is InChI=1S/C17H19Cl2N3O2S/c1-13-11-14(18)12-20-17(13)21-7-4-8-22(10-9-21)25(23,24)16-6-3-2-5-15(16)19/h2-3,5-6,11-12H,4,7-10H2,1H3. The molecule has 1 aromatic carbocycles. The molecule has 0 N–H and O–H groups in total. The zero-order valence-electron chi connectivity index (χ0n) is 13.8. The van der Waals surface area contributed by atoms with E-state index in [4.69, 9.17) is 23.2 Å². The predicted octanol–water partition coefficient (Wildman–Crippen LogP) is 3.60. The number of aryl methyl sites for hydroxylation is 1. The van der Waals surface area contributed by atoms with E-state index in [1.165, 1.54) is 4.31 Å². The second kappa shape index (κ2) is 7.50. The van der Waals surface area contributed by atoms with E-state index >= 15 is 0 Å². The topological polar surface area (TPSA) is 53.5 Å². The highest BCUT2D eigenvalue weighted by Crippen LogP contribution is 2.26. The van der Waals surface area contributed by atoms with Crippen molar-refractivity contribution in [3.63, 3.8) is 0 Å². The van der Waals surface area contributed by atoms with Crippen LogP contribution in [0.2, 0.25) is 10.0 Å². The summed E-state index contributed by atoms with van der Waals surface area (Å²) in [6.07, 6.45) is 2.33. The molecular formula is C17H19Cl2N3O2S. The monoisotopic (exact) mass is 399 g/mol. The molecule has 0 amide bonds. The number of sulfonamides is 1. The predicted molar refractivity (Wildman–Crippen MR) is 101 cm³/mol. The smallest absolute Gasteiger partial charge is 0.244 e. The number of benzene rings is 1. The summed E-state index contributed by atoms with van der Waals surface area (Å²) in [6, 6.07) is 8.42. The minimum absolute atomic E-state index is 0.158. The Balaban J connectivity index is 1.81. The molecule has 0 aliphatic carbocycles. The van der Waals surface area contributed by atoms with Gasteiger partial charge < -0.3 is 4.90 Å². The van der Waals surface area contributed by atoms with E-state index in [0.717, 1.165) is 17.9 Å². The van der Waals surface area contributed by atoms with Crippen LogP contribution in [0.15, 0.2) is 41.4 Å². The highest BCUT2D eigenvalue weighted by atomic mass is 35.5. The Hall–Kier alpha value is -1.34. The number of pyridine rings is 1. The zero-order valence-corrected chi connectivity index (χ0v) is 16.2. The van der Waals surface area contributed by atoms with Gasteiger partial charge in [-0.1, -0.05) is 35.3 Å². The second-order valence-electron chi connectivity index (χ2n) is 5.97. The van der Waals surface area contributed by atoms with Crippen molar-refractivity contribution in [1.82, 2.24) is 9.29 Å². The minimum atomic E-state index is -3.61. The third-order valence-corrected chi connectivity index (χ3v) is 6.83. The van der Waals surface area contributed by atoms with E-state index in [1.54, 1.807) is 30.5 Å². The third kappa shape index (κ3) is 3.92. The molecule has 5 nitrogen and oxygen atoms in total. The van der Waals surface area contributed by atoms with Crippen LogP contribution < -0.4 is 4.90 Å². The van der Waals surface area contributed by atoms with Gasteiger partial charge in [0.25, 0.3) is 0 Å². The summed E-state index contributed by atoms with van der Waals surface area (Å²) >= 11 is 12.1.